The van der Waals surface area contributed by atoms with E-state index in [1.165, 1.54) is 18.2 Å². The molecule has 0 saturated heterocycles. The van der Waals surface area contributed by atoms with E-state index in [9.17, 15) is 9.18 Å². The summed E-state index contributed by atoms with van der Waals surface area (Å²) < 4.78 is 18.9. The lowest BCUT2D eigenvalue weighted by Crippen LogP contribution is -2.12. The molecule has 0 unspecified atom stereocenters. The summed E-state index contributed by atoms with van der Waals surface area (Å²) in [5.41, 5.74) is 0.386. The van der Waals surface area contributed by atoms with Crippen LogP contribution in [0.2, 0.25) is 5.02 Å². The van der Waals surface area contributed by atoms with Gasteiger partial charge in [0.05, 0.1) is 9.50 Å². The third kappa shape index (κ3) is 3.55. The molecule has 2 nitrogen and oxygen atoms in total. The lowest BCUT2D eigenvalue weighted by Gasteiger charge is -2.08. The second kappa shape index (κ2) is 6.17. The van der Waals surface area contributed by atoms with Crippen LogP contribution in [0.4, 0.5) is 4.39 Å². The van der Waals surface area contributed by atoms with E-state index in [1.54, 1.807) is 24.3 Å². The van der Waals surface area contributed by atoms with Crippen LogP contribution in [0.5, 0.6) is 5.75 Å². The molecule has 0 aromatic heterocycles. The molecule has 5 heteroatoms. The summed E-state index contributed by atoms with van der Waals surface area (Å²) in [5.74, 6) is -0.412. The fourth-order valence-corrected chi connectivity index (χ4v) is 2.10. The average Bonchev–Trinajstić information content (AvgIpc) is 2.40. The van der Waals surface area contributed by atoms with Crippen LogP contribution in [0.25, 0.3) is 0 Å². The van der Waals surface area contributed by atoms with E-state index in [0.29, 0.717) is 15.1 Å². The van der Waals surface area contributed by atoms with E-state index >= 15 is 0 Å². The van der Waals surface area contributed by atoms with Crippen molar-refractivity contribution < 1.29 is 13.9 Å². The lowest BCUT2D eigenvalue weighted by molar-refractivity contribution is 0.0921. The summed E-state index contributed by atoms with van der Waals surface area (Å²) >= 11 is 9.13. The molecule has 0 aliphatic heterocycles. The molecule has 0 amide bonds. The van der Waals surface area contributed by atoms with Gasteiger partial charge in [-0.1, -0.05) is 23.7 Å². The molecule has 19 heavy (non-hydrogen) atoms. The number of ether oxygens (including phenoxy) is 1. The Morgan fingerprint density at radius 2 is 2.00 bits per heavy atom. The molecule has 0 N–H and O–H groups in total. The molecule has 0 radical (unpaired) electrons. The Hall–Kier alpha value is -1.39. The number of hydrogen-bond donors (Lipinski definition) is 0. The number of ketones is 1. The van der Waals surface area contributed by atoms with Gasteiger partial charge in [-0.3, -0.25) is 4.79 Å². The molecular formula is C14H9BrClFO2. The van der Waals surface area contributed by atoms with Crippen LogP contribution in [0.1, 0.15) is 10.4 Å². The van der Waals surface area contributed by atoms with Crippen molar-refractivity contribution >= 4 is 33.3 Å². The lowest BCUT2D eigenvalue weighted by atomic mass is 10.1. The van der Waals surface area contributed by atoms with Crippen LogP contribution in [0.3, 0.4) is 0 Å². The number of Topliss-reactive ketones (excluding diaryl/α,β-unsaturated/α-hetero) is 1. The van der Waals surface area contributed by atoms with Crippen LogP contribution < -0.4 is 4.74 Å². The molecule has 0 bridgehead atoms. The quantitative estimate of drug-likeness (QED) is 0.764. The minimum atomic E-state index is -0.427. The molecular weight excluding hydrogens is 335 g/mol. The second-order valence-corrected chi connectivity index (χ2v) is 5.03. The smallest absolute Gasteiger partial charge is 0.201 e. The highest BCUT2D eigenvalue weighted by molar-refractivity contribution is 9.10. The number of carbonyl (C=O) groups excluding carboxylic acids is 1. The Morgan fingerprint density at radius 3 is 2.74 bits per heavy atom. The van der Waals surface area contributed by atoms with Crippen molar-refractivity contribution in [2.45, 2.75) is 0 Å². The number of carbonyl (C=O) groups is 1. The van der Waals surface area contributed by atoms with Gasteiger partial charge in [-0.05, 0) is 40.2 Å². The maximum Gasteiger partial charge on any atom is 0.201 e. The summed E-state index contributed by atoms with van der Waals surface area (Å²) in [4.78, 5) is 11.9. The van der Waals surface area contributed by atoms with Crippen LogP contribution in [0.15, 0.2) is 46.9 Å². The van der Waals surface area contributed by atoms with Gasteiger partial charge in [0.15, 0.2) is 6.61 Å². The van der Waals surface area contributed by atoms with Crippen LogP contribution >= 0.6 is 27.5 Å². The van der Waals surface area contributed by atoms with Crippen molar-refractivity contribution in [2.75, 3.05) is 6.61 Å². The summed E-state index contributed by atoms with van der Waals surface area (Å²) in [5, 5.41) is 0.370. The molecule has 0 saturated carbocycles. The standard InChI is InChI=1S/C14H9BrClFO2/c15-11-6-5-9(17)7-14(11)19-8-13(18)10-3-1-2-4-12(10)16/h1-7H,8H2. The Balaban J connectivity index is 2.09. The fourth-order valence-electron chi connectivity index (χ4n) is 1.50. The largest absolute Gasteiger partial charge is 0.484 e. The number of hydrogen-bond acceptors (Lipinski definition) is 2. The summed E-state index contributed by atoms with van der Waals surface area (Å²) in [7, 11) is 0. The van der Waals surface area contributed by atoms with Gasteiger partial charge in [0.2, 0.25) is 5.78 Å². The molecule has 2 aromatic carbocycles. The Labute approximate surface area is 123 Å². The molecule has 0 aliphatic carbocycles. The highest BCUT2D eigenvalue weighted by atomic mass is 79.9. The van der Waals surface area contributed by atoms with Gasteiger partial charge in [-0.2, -0.15) is 0 Å². The predicted molar refractivity (Wildman–Crippen MR) is 75.4 cm³/mol. The molecule has 0 spiro atoms. The van der Waals surface area contributed by atoms with E-state index in [-0.39, 0.29) is 18.1 Å². The SMILES string of the molecule is O=C(COc1cc(F)ccc1Br)c1ccccc1Cl. The topological polar surface area (TPSA) is 26.3 Å². The number of halogens is 3. The molecule has 0 aliphatic rings. The number of benzene rings is 2. The van der Waals surface area contributed by atoms with E-state index < -0.39 is 5.82 Å². The molecule has 98 valence electrons. The van der Waals surface area contributed by atoms with Gasteiger partial charge in [-0.15, -0.1) is 0 Å². The first kappa shape index (κ1) is 14.0. The Bertz CT molecular complexity index is 616. The highest BCUT2D eigenvalue weighted by Gasteiger charge is 2.11. The summed E-state index contributed by atoms with van der Waals surface area (Å²) in [6, 6.07) is 10.7. The maximum atomic E-state index is 13.1. The molecule has 0 fully saturated rings. The zero-order valence-electron chi connectivity index (χ0n) is 9.70. The van der Waals surface area contributed by atoms with Crippen molar-refractivity contribution in [3.05, 3.63) is 63.3 Å². The Kier molecular flexibility index (Phi) is 4.56. The summed E-state index contributed by atoms with van der Waals surface area (Å²) in [6.07, 6.45) is 0. The van der Waals surface area contributed by atoms with E-state index in [2.05, 4.69) is 15.9 Å². The average molecular weight is 344 g/mol. The van der Waals surface area contributed by atoms with Gasteiger partial charge < -0.3 is 4.74 Å². The van der Waals surface area contributed by atoms with Crippen LogP contribution in [0, 0.1) is 5.82 Å². The normalized spacial score (nSPS) is 10.3. The monoisotopic (exact) mass is 342 g/mol. The third-order valence-electron chi connectivity index (χ3n) is 2.43. The summed E-state index contributed by atoms with van der Waals surface area (Å²) in [6.45, 7) is -0.203. The first-order valence-electron chi connectivity index (χ1n) is 5.43. The van der Waals surface area contributed by atoms with Crippen molar-refractivity contribution in [3.63, 3.8) is 0 Å². The zero-order valence-corrected chi connectivity index (χ0v) is 12.0. The van der Waals surface area contributed by atoms with Crippen molar-refractivity contribution in [1.29, 1.82) is 0 Å². The maximum absolute atomic E-state index is 13.1. The van der Waals surface area contributed by atoms with Crippen LogP contribution in [-0.2, 0) is 0 Å². The van der Waals surface area contributed by atoms with E-state index in [0.717, 1.165) is 0 Å². The number of rotatable bonds is 4. The van der Waals surface area contributed by atoms with Gasteiger partial charge >= 0.3 is 0 Å². The van der Waals surface area contributed by atoms with E-state index in [4.69, 9.17) is 16.3 Å². The third-order valence-corrected chi connectivity index (χ3v) is 3.41. The van der Waals surface area contributed by atoms with Gasteiger partial charge in [0, 0.05) is 11.6 Å². The Morgan fingerprint density at radius 1 is 1.26 bits per heavy atom. The van der Waals surface area contributed by atoms with Crippen LogP contribution in [-0.4, -0.2) is 12.4 Å². The molecule has 2 aromatic rings. The predicted octanol–water partition coefficient (Wildman–Crippen LogP) is 4.50. The molecule has 0 atom stereocenters. The van der Waals surface area contributed by atoms with Gasteiger partial charge in [0.1, 0.15) is 11.6 Å². The van der Waals surface area contributed by atoms with Crippen molar-refractivity contribution in [3.8, 4) is 5.75 Å². The minimum Gasteiger partial charge on any atom is -0.484 e. The first-order chi connectivity index (χ1) is 9.08. The van der Waals surface area contributed by atoms with Gasteiger partial charge in [0.25, 0.3) is 0 Å². The van der Waals surface area contributed by atoms with Crippen molar-refractivity contribution in [1.82, 2.24) is 0 Å². The fraction of sp³-hybridized carbons (Fsp3) is 0.0714. The minimum absolute atomic E-state index is 0.203. The van der Waals surface area contributed by atoms with E-state index in [1.807, 2.05) is 0 Å². The molecule has 0 heterocycles. The zero-order chi connectivity index (χ0) is 13.8. The van der Waals surface area contributed by atoms with Crippen molar-refractivity contribution in [2.24, 2.45) is 0 Å². The highest BCUT2D eigenvalue weighted by Crippen LogP contribution is 2.26. The first-order valence-corrected chi connectivity index (χ1v) is 6.60. The molecule has 2 rings (SSSR count). The second-order valence-electron chi connectivity index (χ2n) is 3.77. The van der Waals surface area contributed by atoms with Gasteiger partial charge in [-0.25, -0.2) is 4.39 Å².